The molecule has 0 bridgehead atoms. The molecule has 1 saturated heterocycles. The Labute approximate surface area is 185 Å². The summed E-state index contributed by atoms with van der Waals surface area (Å²) >= 11 is 0. The molecule has 3 N–H and O–H groups in total. The van der Waals surface area contributed by atoms with Crippen molar-refractivity contribution in [3.8, 4) is 0 Å². The lowest BCUT2D eigenvalue weighted by Gasteiger charge is -2.24. The maximum atomic E-state index is 12.6. The third kappa shape index (κ3) is 7.89. The van der Waals surface area contributed by atoms with Gasteiger partial charge in [0, 0.05) is 19.3 Å². The van der Waals surface area contributed by atoms with Crippen LogP contribution in [-0.2, 0) is 30.4 Å². The number of carbonyl (C=O) groups is 5. The molecule has 1 heterocycles. The third-order valence-electron chi connectivity index (χ3n) is 4.20. The fourth-order valence-corrected chi connectivity index (χ4v) is 2.74. The Balaban J connectivity index is 2.01. The summed E-state index contributed by atoms with van der Waals surface area (Å²) < 4.78 is 5.13. The van der Waals surface area contributed by atoms with E-state index in [0.717, 1.165) is 5.56 Å². The number of alkyl carbamates (subject to hydrolysis) is 1. The number of amides is 5. The molecular formula is C21H28N4O7. The lowest BCUT2D eigenvalue weighted by Crippen LogP contribution is -2.55. The second-order valence-electron chi connectivity index (χ2n) is 8.22. The molecular weight excluding hydrogens is 420 g/mol. The molecule has 1 aliphatic heterocycles. The van der Waals surface area contributed by atoms with Crippen molar-refractivity contribution in [2.45, 2.75) is 64.8 Å². The molecule has 1 fully saturated rings. The molecule has 1 aromatic rings. The van der Waals surface area contributed by atoms with Gasteiger partial charge in [-0.1, -0.05) is 30.3 Å². The maximum absolute atomic E-state index is 12.6. The first-order valence-electron chi connectivity index (χ1n) is 10.1. The number of nitrogens with one attached hydrogen (secondary N) is 3. The molecule has 32 heavy (non-hydrogen) atoms. The second-order valence-corrected chi connectivity index (χ2v) is 8.22. The lowest BCUT2D eigenvalue weighted by atomic mass is 10.1. The summed E-state index contributed by atoms with van der Waals surface area (Å²) in [5.41, 5.74) is 0.0606. The molecule has 1 aromatic carbocycles. The number of hydroxylamine groups is 2. The highest BCUT2D eigenvalue weighted by Crippen LogP contribution is 2.12. The third-order valence-corrected chi connectivity index (χ3v) is 4.20. The van der Waals surface area contributed by atoms with Crippen LogP contribution in [0.4, 0.5) is 9.59 Å². The minimum absolute atomic E-state index is 0.0376. The highest BCUT2D eigenvalue weighted by Gasteiger charge is 2.33. The van der Waals surface area contributed by atoms with E-state index in [-0.39, 0.29) is 19.3 Å². The predicted molar refractivity (Wildman–Crippen MR) is 112 cm³/mol. The van der Waals surface area contributed by atoms with Crippen LogP contribution in [0, 0.1) is 0 Å². The number of rotatable bonds is 7. The Kier molecular flexibility index (Phi) is 8.16. The number of benzene rings is 1. The van der Waals surface area contributed by atoms with Crippen LogP contribution >= 0.6 is 0 Å². The summed E-state index contributed by atoms with van der Waals surface area (Å²) in [5.74, 6) is -1.83. The van der Waals surface area contributed by atoms with E-state index >= 15 is 0 Å². The van der Waals surface area contributed by atoms with Crippen molar-refractivity contribution in [2.24, 2.45) is 0 Å². The van der Waals surface area contributed by atoms with Crippen LogP contribution in [0.2, 0.25) is 0 Å². The van der Waals surface area contributed by atoms with Crippen LogP contribution in [0.1, 0.15) is 46.1 Å². The molecule has 11 nitrogen and oxygen atoms in total. The molecule has 0 spiro atoms. The molecule has 0 aromatic heterocycles. The fourth-order valence-electron chi connectivity index (χ4n) is 2.74. The first-order chi connectivity index (χ1) is 14.9. The quantitative estimate of drug-likeness (QED) is 0.422. The zero-order chi connectivity index (χ0) is 23.9. The molecule has 5 amide bonds. The average Bonchev–Trinajstić information content (AvgIpc) is 2.99. The predicted octanol–water partition coefficient (Wildman–Crippen LogP) is 1.37. The Morgan fingerprint density at radius 1 is 0.969 bits per heavy atom. The van der Waals surface area contributed by atoms with Crippen molar-refractivity contribution >= 4 is 29.9 Å². The number of hydrogen-bond acceptors (Lipinski definition) is 7. The normalized spacial score (nSPS) is 15.6. The zero-order valence-corrected chi connectivity index (χ0v) is 18.5. The van der Waals surface area contributed by atoms with Crippen molar-refractivity contribution in [3.63, 3.8) is 0 Å². The highest BCUT2D eigenvalue weighted by atomic mass is 16.7. The number of carbonyl (C=O) groups excluding carboxylic acids is 5. The van der Waals surface area contributed by atoms with E-state index in [1.165, 1.54) is 6.92 Å². The Hall–Kier alpha value is -3.63. The molecule has 174 valence electrons. The molecule has 2 rings (SSSR count). The minimum Gasteiger partial charge on any atom is -0.444 e. The number of ether oxygens (including phenoxy) is 1. The SMILES string of the molecule is C[C@H](NC(=O)OC(C)(C)C)C(=O)N[C@H](Cc1ccccc1)NC(=O)ON1C(=O)CCC1=O. The number of hydrogen-bond donors (Lipinski definition) is 3. The monoisotopic (exact) mass is 448 g/mol. The van der Waals surface area contributed by atoms with Crippen molar-refractivity contribution in [2.75, 3.05) is 0 Å². The van der Waals surface area contributed by atoms with Gasteiger partial charge in [0.25, 0.3) is 11.8 Å². The van der Waals surface area contributed by atoms with Gasteiger partial charge in [-0.2, -0.15) is 0 Å². The van der Waals surface area contributed by atoms with Crippen LogP contribution in [-0.4, -0.2) is 52.8 Å². The van der Waals surface area contributed by atoms with Gasteiger partial charge in [-0.25, -0.2) is 9.59 Å². The number of imide groups is 1. The highest BCUT2D eigenvalue weighted by molar-refractivity contribution is 6.01. The van der Waals surface area contributed by atoms with Crippen LogP contribution in [0.15, 0.2) is 30.3 Å². The van der Waals surface area contributed by atoms with Crippen LogP contribution in [0.3, 0.4) is 0 Å². The summed E-state index contributed by atoms with van der Waals surface area (Å²) in [5, 5.41) is 7.85. The van der Waals surface area contributed by atoms with E-state index in [4.69, 9.17) is 9.57 Å². The van der Waals surface area contributed by atoms with E-state index in [1.807, 2.05) is 6.07 Å². The largest absolute Gasteiger partial charge is 0.444 e. The summed E-state index contributed by atoms with van der Waals surface area (Å²) in [4.78, 5) is 64.8. The Bertz CT molecular complexity index is 851. The molecule has 0 unspecified atom stereocenters. The van der Waals surface area contributed by atoms with E-state index in [1.54, 1.807) is 45.0 Å². The smallest absolute Gasteiger partial charge is 0.433 e. The van der Waals surface area contributed by atoms with E-state index in [9.17, 15) is 24.0 Å². The number of nitrogens with zero attached hydrogens (tertiary/aromatic N) is 1. The molecule has 0 saturated carbocycles. The van der Waals surface area contributed by atoms with Crippen molar-refractivity contribution in [1.82, 2.24) is 21.0 Å². The summed E-state index contributed by atoms with van der Waals surface area (Å²) in [6.45, 7) is 6.54. The van der Waals surface area contributed by atoms with Gasteiger partial charge in [-0.3, -0.25) is 19.7 Å². The standard InChI is InChI=1S/C21H28N4O7/c1-13(22-19(29)31-21(2,3)4)18(28)23-15(12-14-8-6-5-7-9-14)24-20(30)32-25-16(26)10-11-17(25)27/h5-9,13,15H,10-12H2,1-4H3,(H,22,29)(H,23,28)(H,24,30)/t13-,15-/m0/s1. The minimum atomic E-state index is -1.08. The zero-order valence-electron chi connectivity index (χ0n) is 18.5. The molecule has 11 heteroatoms. The van der Waals surface area contributed by atoms with Gasteiger partial charge in [0.2, 0.25) is 5.91 Å². The second kappa shape index (κ2) is 10.6. The lowest BCUT2D eigenvalue weighted by molar-refractivity contribution is -0.171. The van der Waals surface area contributed by atoms with Gasteiger partial charge in [-0.15, -0.1) is 5.06 Å². The Morgan fingerprint density at radius 2 is 1.56 bits per heavy atom. The van der Waals surface area contributed by atoms with E-state index in [2.05, 4.69) is 16.0 Å². The maximum Gasteiger partial charge on any atom is 0.433 e. The van der Waals surface area contributed by atoms with Gasteiger partial charge >= 0.3 is 12.2 Å². The summed E-state index contributed by atoms with van der Waals surface area (Å²) in [7, 11) is 0. The van der Waals surface area contributed by atoms with E-state index in [0.29, 0.717) is 5.06 Å². The van der Waals surface area contributed by atoms with Crippen molar-refractivity contribution in [3.05, 3.63) is 35.9 Å². The van der Waals surface area contributed by atoms with Crippen LogP contribution < -0.4 is 16.0 Å². The van der Waals surface area contributed by atoms with Crippen LogP contribution in [0.25, 0.3) is 0 Å². The topological polar surface area (TPSA) is 143 Å². The molecule has 0 aliphatic carbocycles. The van der Waals surface area contributed by atoms with Gasteiger partial charge < -0.3 is 20.2 Å². The summed E-state index contributed by atoms with van der Waals surface area (Å²) in [6, 6.07) is 8.02. The average molecular weight is 448 g/mol. The fraction of sp³-hybridized carbons (Fsp3) is 0.476. The van der Waals surface area contributed by atoms with Crippen LogP contribution in [0.5, 0.6) is 0 Å². The first-order valence-corrected chi connectivity index (χ1v) is 10.1. The van der Waals surface area contributed by atoms with Gasteiger partial charge in [0.15, 0.2) is 0 Å². The molecule has 0 radical (unpaired) electrons. The van der Waals surface area contributed by atoms with Crippen molar-refractivity contribution in [1.29, 1.82) is 0 Å². The van der Waals surface area contributed by atoms with Gasteiger partial charge in [0.1, 0.15) is 17.8 Å². The van der Waals surface area contributed by atoms with Gasteiger partial charge in [-0.05, 0) is 33.3 Å². The van der Waals surface area contributed by atoms with E-state index < -0.39 is 47.7 Å². The molecule has 2 atom stereocenters. The molecule has 1 aliphatic rings. The Morgan fingerprint density at radius 3 is 2.12 bits per heavy atom. The van der Waals surface area contributed by atoms with Crippen molar-refractivity contribution < 1.29 is 33.5 Å². The summed E-state index contributed by atoms with van der Waals surface area (Å²) in [6.07, 6.45) is -2.69. The van der Waals surface area contributed by atoms with Gasteiger partial charge in [0.05, 0.1) is 0 Å². The first kappa shape index (κ1) is 24.6.